The monoisotopic (exact) mass is 364 g/mol. The number of carbonyl (C=O) groups is 3. The second-order valence-electron chi connectivity index (χ2n) is 5.10. The average Bonchev–Trinajstić information content (AvgIpc) is 3.03. The maximum absolute atomic E-state index is 11.8. The zero-order valence-electron chi connectivity index (χ0n) is 13.1. The molecule has 0 unspecified atom stereocenters. The molecule has 2 N–H and O–H groups in total. The van der Waals surface area contributed by atoms with E-state index in [1.807, 2.05) is 12.1 Å². The average molecular weight is 365 g/mol. The first-order valence-electron chi connectivity index (χ1n) is 7.36. The van der Waals surface area contributed by atoms with E-state index in [0.717, 1.165) is 10.4 Å². The molecule has 0 aliphatic rings. The van der Waals surface area contributed by atoms with Crippen molar-refractivity contribution >= 4 is 40.5 Å². The molecule has 1 heterocycles. The van der Waals surface area contributed by atoms with Crippen molar-refractivity contribution in [3.63, 3.8) is 0 Å². The molecule has 0 saturated carbocycles. The molecule has 5 nitrogen and oxygen atoms in total. The molecule has 2 amide bonds. The van der Waals surface area contributed by atoms with Crippen LogP contribution in [-0.4, -0.2) is 24.1 Å². The summed E-state index contributed by atoms with van der Waals surface area (Å²) in [4.78, 5) is 36.4. The molecule has 1 aromatic heterocycles. The van der Waals surface area contributed by atoms with Gasteiger partial charge in [0.15, 0.2) is 5.78 Å². The van der Waals surface area contributed by atoms with Crippen molar-refractivity contribution in [1.29, 1.82) is 0 Å². The van der Waals surface area contributed by atoms with Gasteiger partial charge in [0.25, 0.3) is 0 Å². The number of carbonyl (C=O) groups excluding carboxylic acids is 3. The van der Waals surface area contributed by atoms with Crippen molar-refractivity contribution in [1.82, 2.24) is 10.6 Å². The topological polar surface area (TPSA) is 75.3 Å². The van der Waals surface area contributed by atoms with E-state index in [1.165, 1.54) is 18.3 Å². The summed E-state index contributed by atoms with van der Waals surface area (Å²) >= 11 is 7.38. The highest BCUT2D eigenvalue weighted by molar-refractivity contribution is 7.14. The summed E-state index contributed by atoms with van der Waals surface area (Å²) in [5.41, 5.74) is 0.746. The predicted octanol–water partition coefficient (Wildman–Crippen LogP) is 2.58. The van der Waals surface area contributed by atoms with Crippen LogP contribution in [0.2, 0.25) is 5.02 Å². The fraction of sp³-hybridized carbons (Fsp3) is 0.235. The molecular formula is C17H17ClN2O3S. The van der Waals surface area contributed by atoms with E-state index < -0.39 is 11.8 Å². The Morgan fingerprint density at radius 3 is 2.42 bits per heavy atom. The molecule has 0 bridgehead atoms. The summed E-state index contributed by atoms with van der Waals surface area (Å²) in [5, 5.41) is 5.63. The van der Waals surface area contributed by atoms with Gasteiger partial charge in [-0.25, -0.2) is 0 Å². The quantitative estimate of drug-likeness (QED) is 0.611. The van der Waals surface area contributed by atoms with Crippen molar-refractivity contribution < 1.29 is 14.4 Å². The highest BCUT2D eigenvalue weighted by Crippen LogP contribution is 2.17. The van der Waals surface area contributed by atoms with Crippen molar-refractivity contribution in [3.8, 4) is 0 Å². The third-order valence-electron chi connectivity index (χ3n) is 3.27. The standard InChI is InChI=1S/C17H17ClN2O3S/c1-11(21)15-7-6-13(24-15)8-9-19-16(22)17(23)20-10-12-4-2-3-5-14(12)18/h2-7H,8-10H2,1H3,(H,19,22)(H,20,23). The van der Waals surface area contributed by atoms with Crippen LogP contribution in [0.4, 0.5) is 0 Å². The van der Waals surface area contributed by atoms with Crippen molar-refractivity contribution in [3.05, 3.63) is 56.7 Å². The van der Waals surface area contributed by atoms with Crippen molar-refractivity contribution in [2.45, 2.75) is 19.9 Å². The van der Waals surface area contributed by atoms with Gasteiger partial charge in [0.1, 0.15) is 0 Å². The molecule has 1 aromatic carbocycles. The minimum Gasteiger partial charge on any atom is -0.347 e. The lowest BCUT2D eigenvalue weighted by Crippen LogP contribution is -2.40. The number of amides is 2. The van der Waals surface area contributed by atoms with Crippen LogP contribution >= 0.6 is 22.9 Å². The highest BCUT2D eigenvalue weighted by atomic mass is 35.5. The third-order valence-corrected chi connectivity index (χ3v) is 4.88. The number of hydrogen-bond donors (Lipinski definition) is 2. The Hall–Kier alpha value is -2.18. The fourth-order valence-corrected chi connectivity index (χ4v) is 3.08. The van der Waals surface area contributed by atoms with E-state index in [4.69, 9.17) is 11.6 Å². The Bertz CT molecular complexity index is 758. The van der Waals surface area contributed by atoms with Gasteiger partial charge in [0.2, 0.25) is 0 Å². The summed E-state index contributed by atoms with van der Waals surface area (Å²) in [6, 6.07) is 10.7. The van der Waals surface area contributed by atoms with Crippen molar-refractivity contribution in [2.75, 3.05) is 6.54 Å². The lowest BCUT2D eigenvalue weighted by Gasteiger charge is -2.07. The summed E-state index contributed by atoms with van der Waals surface area (Å²) in [6.45, 7) is 2.04. The Kier molecular flexibility index (Phi) is 6.52. The van der Waals surface area contributed by atoms with Crippen molar-refractivity contribution in [2.24, 2.45) is 0 Å². The number of ketones is 1. The van der Waals surface area contributed by atoms with Gasteiger partial charge in [0, 0.05) is 23.0 Å². The van der Waals surface area contributed by atoms with Gasteiger partial charge in [0.05, 0.1) is 4.88 Å². The Morgan fingerprint density at radius 1 is 1.04 bits per heavy atom. The Morgan fingerprint density at radius 2 is 1.75 bits per heavy atom. The van der Waals surface area contributed by atoms with Crippen LogP contribution in [-0.2, 0) is 22.6 Å². The van der Waals surface area contributed by atoms with Crippen LogP contribution in [0.5, 0.6) is 0 Å². The number of benzene rings is 1. The van der Waals surface area contributed by atoms with Crippen LogP contribution in [0.1, 0.15) is 27.0 Å². The SMILES string of the molecule is CC(=O)c1ccc(CCNC(=O)C(=O)NCc2ccccc2Cl)s1. The minimum absolute atomic E-state index is 0.0224. The summed E-state index contributed by atoms with van der Waals surface area (Å²) < 4.78 is 0. The molecule has 0 spiro atoms. The van der Waals surface area contributed by atoms with E-state index in [-0.39, 0.29) is 12.3 Å². The van der Waals surface area contributed by atoms with Gasteiger partial charge in [-0.3, -0.25) is 14.4 Å². The summed E-state index contributed by atoms with van der Waals surface area (Å²) in [5.74, 6) is -1.37. The van der Waals surface area contributed by atoms with E-state index in [1.54, 1.807) is 24.3 Å². The molecule has 0 atom stereocenters. The van der Waals surface area contributed by atoms with Gasteiger partial charge in [-0.1, -0.05) is 29.8 Å². The lowest BCUT2D eigenvalue weighted by atomic mass is 10.2. The molecule has 2 aromatic rings. The number of rotatable bonds is 6. The molecule has 24 heavy (non-hydrogen) atoms. The zero-order valence-corrected chi connectivity index (χ0v) is 14.7. The molecule has 0 fully saturated rings. The van der Waals surface area contributed by atoms with E-state index >= 15 is 0 Å². The second kappa shape index (κ2) is 8.61. The number of thiophene rings is 1. The number of hydrogen-bond acceptors (Lipinski definition) is 4. The molecule has 0 saturated heterocycles. The van der Waals surface area contributed by atoms with Crippen LogP contribution in [0.15, 0.2) is 36.4 Å². The molecule has 0 radical (unpaired) electrons. The molecule has 0 aliphatic carbocycles. The maximum Gasteiger partial charge on any atom is 0.309 e. The Labute approximate surface area is 149 Å². The van der Waals surface area contributed by atoms with Gasteiger partial charge in [-0.15, -0.1) is 11.3 Å². The Balaban J connectivity index is 1.74. The van der Waals surface area contributed by atoms with Crippen LogP contribution in [0, 0.1) is 0 Å². The lowest BCUT2D eigenvalue weighted by molar-refractivity contribution is -0.139. The smallest absolute Gasteiger partial charge is 0.309 e. The van der Waals surface area contributed by atoms with Crippen LogP contribution in [0.3, 0.4) is 0 Å². The van der Waals surface area contributed by atoms with Gasteiger partial charge >= 0.3 is 11.8 Å². The minimum atomic E-state index is -0.703. The first-order valence-corrected chi connectivity index (χ1v) is 8.56. The molecule has 0 aliphatic heterocycles. The van der Waals surface area contributed by atoms with E-state index in [0.29, 0.717) is 22.9 Å². The highest BCUT2D eigenvalue weighted by Gasteiger charge is 2.13. The fourth-order valence-electron chi connectivity index (χ4n) is 1.98. The maximum atomic E-state index is 11.8. The predicted molar refractivity (Wildman–Crippen MR) is 94.3 cm³/mol. The number of nitrogens with one attached hydrogen (secondary N) is 2. The van der Waals surface area contributed by atoms with Gasteiger partial charge in [-0.05, 0) is 37.1 Å². The first kappa shape index (κ1) is 18.2. The number of halogens is 1. The molecule has 126 valence electrons. The summed E-state index contributed by atoms with van der Waals surface area (Å²) in [7, 11) is 0. The zero-order chi connectivity index (χ0) is 17.5. The van der Waals surface area contributed by atoms with Crippen LogP contribution < -0.4 is 10.6 Å². The first-order chi connectivity index (χ1) is 11.5. The molecule has 2 rings (SSSR count). The second-order valence-corrected chi connectivity index (χ2v) is 6.68. The van der Waals surface area contributed by atoms with Crippen LogP contribution in [0.25, 0.3) is 0 Å². The largest absolute Gasteiger partial charge is 0.347 e. The van der Waals surface area contributed by atoms with E-state index in [2.05, 4.69) is 10.6 Å². The molecular weight excluding hydrogens is 348 g/mol. The van der Waals surface area contributed by atoms with E-state index in [9.17, 15) is 14.4 Å². The van der Waals surface area contributed by atoms with Gasteiger partial charge < -0.3 is 10.6 Å². The third kappa shape index (κ3) is 5.18. The molecule has 7 heteroatoms. The van der Waals surface area contributed by atoms with Gasteiger partial charge in [-0.2, -0.15) is 0 Å². The number of Topliss-reactive ketones (excluding diaryl/α,β-unsaturated/α-hetero) is 1. The summed E-state index contributed by atoms with van der Waals surface area (Å²) in [6.07, 6.45) is 0.571. The normalized spacial score (nSPS) is 10.2.